The van der Waals surface area contributed by atoms with Gasteiger partial charge in [0, 0.05) is 10.5 Å². The summed E-state index contributed by atoms with van der Waals surface area (Å²) in [7, 11) is 0. The lowest BCUT2D eigenvalue weighted by Crippen LogP contribution is -1.99. The molecule has 0 radical (unpaired) electrons. The zero-order valence-electron chi connectivity index (χ0n) is 8.85. The van der Waals surface area contributed by atoms with E-state index in [4.69, 9.17) is 4.74 Å². The average Bonchev–Trinajstić information content (AvgIpc) is 2.25. The molecule has 0 saturated carbocycles. The molecule has 0 heterocycles. The molecule has 1 aromatic rings. The molecule has 0 aliphatic carbocycles. The number of hydrogen-bond donors (Lipinski definition) is 0. The standard InChI is InChI=1S/C11H12BrNO3/c1-2-3-7-16-8-9-10(12)5-4-6-11(9)13(14)15/h2-6H,7-8H2,1H3. The van der Waals surface area contributed by atoms with Gasteiger partial charge in [-0.05, 0) is 13.0 Å². The summed E-state index contributed by atoms with van der Waals surface area (Å²) in [5.74, 6) is 0. The van der Waals surface area contributed by atoms with Crippen molar-refractivity contribution in [3.8, 4) is 0 Å². The Morgan fingerprint density at radius 1 is 1.56 bits per heavy atom. The van der Waals surface area contributed by atoms with Crippen molar-refractivity contribution in [2.24, 2.45) is 0 Å². The van der Waals surface area contributed by atoms with E-state index in [-0.39, 0.29) is 12.3 Å². The average molecular weight is 286 g/mol. The quantitative estimate of drug-likeness (QED) is 0.360. The summed E-state index contributed by atoms with van der Waals surface area (Å²) in [6.07, 6.45) is 3.72. The molecule has 0 saturated heterocycles. The molecule has 4 nitrogen and oxygen atoms in total. The number of nitrogens with zero attached hydrogens (tertiary/aromatic N) is 1. The van der Waals surface area contributed by atoms with Gasteiger partial charge in [0.25, 0.3) is 5.69 Å². The van der Waals surface area contributed by atoms with E-state index >= 15 is 0 Å². The van der Waals surface area contributed by atoms with E-state index in [1.807, 2.05) is 19.1 Å². The molecule has 0 unspecified atom stereocenters. The van der Waals surface area contributed by atoms with Crippen LogP contribution in [-0.2, 0) is 11.3 Å². The van der Waals surface area contributed by atoms with Gasteiger partial charge in [-0.2, -0.15) is 0 Å². The van der Waals surface area contributed by atoms with Crippen LogP contribution < -0.4 is 0 Å². The van der Waals surface area contributed by atoms with Crippen molar-refractivity contribution in [2.75, 3.05) is 6.61 Å². The van der Waals surface area contributed by atoms with Gasteiger partial charge in [-0.25, -0.2) is 0 Å². The third kappa shape index (κ3) is 3.43. The number of hydrogen-bond acceptors (Lipinski definition) is 3. The smallest absolute Gasteiger partial charge is 0.276 e. The predicted molar refractivity (Wildman–Crippen MR) is 65.3 cm³/mol. The number of rotatable bonds is 5. The Morgan fingerprint density at radius 3 is 2.94 bits per heavy atom. The van der Waals surface area contributed by atoms with Crippen LogP contribution >= 0.6 is 15.9 Å². The van der Waals surface area contributed by atoms with Gasteiger partial charge in [0.05, 0.1) is 23.7 Å². The second-order valence-electron chi connectivity index (χ2n) is 3.08. The highest BCUT2D eigenvalue weighted by molar-refractivity contribution is 9.10. The Morgan fingerprint density at radius 2 is 2.31 bits per heavy atom. The first kappa shape index (κ1) is 12.9. The molecule has 5 heteroatoms. The fourth-order valence-electron chi connectivity index (χ4n) is 1.19. The molecule has 0 bridgehead atoms. The number of allylic oxidation sites excluding steroid dienone is 1. The SMILES string of the molecule is CC=CCOCc1c(Br)cccc1[N+](=O)[O-]. The minimum atomic E-state index is -0.404. The van der Waals surface area contributed by atoms with E-state index in [1.165, 1.54) is 6.07 Å². The fraction of sp³-hybridized carbons (Fsp3) is 0.273. The molecule has 0 spiro atoms. The number of benzene rings is 1. The summed E-state index contributed by atoms with van der Waals surface area (Å²) in [5, 5.41) is 10.8. The lowest BCUT2D eigenvalue weighted by molar-refractivity contribution is -0.386. The van der Waals surface area contributed by atoms with Gasteiger partial charge >= 0.3 is 0 Å². The van der Waals surface area contributed by atoms with Crippen molar-refractivity contribution < 1.29 is 9.66 Å². The second-order valence-corrected chi connectivity index (χ2v) is 3.93. The first-order chi connectivity index (χ1) is 7.66. The minimum Gasteiger partial charge on any atom is -0.372 e. The summed E-state index contributed by atoms with van der Waals surface area (Å²) in [6, 6.07) is 4.87. The Bertz CT molecular complexity index is 404. The lowest BCUT2D eigenvalue weighted by Gasteiger charge is -2.05. The number of nitro groups is 1. The molecule has 0 atom stereocenters. The zero-order valence-corrected chi connectivity index (χ0v) is 10.4. The number of ether oxygens (including phenoxy) is 1. The molecular weight excluding hydrogens is 274 g/mol. The van der Waals surface area contributed by atoms with Crippen LogP contribution in [0, 0.1) is 10.1 Å². The van der Waals surface area contributed by atoms with Crippen molar-refractivity contribution in [1.82, 2.24) is 0 Å². The third-order valence-corrected chi connectivity index (χ3v) is 2.73. The Labute approximate surface area is 102 Å². The summed E-state index contributed by atoms with van der Waals surface area (Å²) < 4.78 is 6.01. The largest absolute Gasteiger partial charge is 0.372 e. The van der Waals surface area contributed by atoms with Gasteiger partial charge in [-0.3, -0.25) is 10.1 Å². The van der Waals surface area contributed by atoms with E-state index in [1.54, 1.807) is 12.1 Å². The Kier molecular flexibility index (Phi) is 5.14. The van der Waals surface area contributed by atoms with Crippen LogP contribution in [0.5, 0.6) is 0 Å². The monoisotopic (exact) mass is 285 g/mol. The zero-order chi connectivity index (χ0) is 12.0. The van der Waals surface area contributed by atoms with E-state index in [0.717, 1.165) is 0 Å². The van der Waals surface area contributed by atoms with Crippen LogP contribution in [0.1, 0.15) is 12.5 Å². The van der Waals surface area contributed by atoms with Gasteiger partial charge in [-0.15, -0.1) is 0 Å². The van der Waals surface area contributed by atoms with E-state index in [2.05, 4.69) is 15.9 Å². The summed E-state index contributed by atoms with van der Waals surface area (Å²) in [5.41, 5.74) is 0.645. The topological polar surface area (TPSA) is 52.4 Å². The molecule has 0 amide bonds. The Balaban J connectivity index is 2.80. The maximum Gasteiger partial charge on any atom is 0.276 e. The third-order valence-electron chi connectivity index (χ3n) is 1.99. The summed E-state index contributed by atoms with van der Waals surface area (Å²) in [6.45, 7) is 2.57. The molecular formula is C11H12BrNO3. The normalized spacial score (nSPS) is 10.9. The molecule has 86 valence electrons. The van der Waals surface area contributed by atoms with Crippen molar-refractivity contribution in [1.29, 1.82) is 0 Å². The molecule has 16 heavy (non-hydrogen) atoms. The molecule has 0 N–H and O–H groups in total. The summed E-state index contributed by atoms with van der Waals surface area (Å²) in [4.78, 5) is 10.4. The Hall–Kier alpha value is -1.20. The predicted octanol–water partition coefficient (Wildman–Crippen LogP) is 3.45. The molecule has 0 fully saturated rings. The highest BCUT2D eigenvalue weighted by atomic mass is 79.9. The first-order valence-corrected chi connectivity index (χ1v) is 5.56. The van der Waals surface area contributed by atoms with Crippen molar-refractivity contribution in [3.63, 3.8) is 0 Å². The van der Waals surface area contributed by atoms with Gasteiger partial charge in [0.2, 0.25) is 0 Å². The van der Waals surface area contributed by atoms with Gasteiger partial charge < -0.3 is 4.74 Å². The van der Waals surface area contributed by atoms with Crippen LogP contribution in [0.4, 0.5) is 5.69 Å². The molecule has 0 aliphatic heterocycles. The number of nitro benzene ring substituents is 1. The van der Waals surface area contributed by atoms with Crippen LogP contribution in [0.2, 0.25) is 0 Å². The maximum absolute atomic E-state index is 10.8. The molecule has 0 aliphatic rings. The van der Waals surface area contributed by atoms with Crippen molar-refractivity contribution in [2.45, 2.75) is 13.5 Å². The maximum atomic E-state index is 10.8. The van der Waals surface area contributed by atoms with Crippen LogP contribution in [0.25, 0.3) is 0 Å². The van der Waals surface area contributed by atoms with Crippen molar-refractivity contribution >= 4 is 21.6 Å². The second kappa shape index (κ2) is 6.40. The summed E-state index contributed by atoms with van der Waals surface area (Å²) >= 11 is 3.28. The van der Waals surface area contributed by atoms with Crippen LogP contribution in [0.15, 0.2) is 34.8 Å². The van der Waals surface area contributed by atoms with Gasteiger partial charge in [-0.1, -0.05) is 34.1 Å². The van der Waals surface area contributed by atoms with Gasteiger partial charge in [0.15, 0.2) is 0 Å². The molecule has 1 rings (SSSR count). The molecule has 1 aromatic carbocycles. The highest BCUT2D eigenvalue weighted by Gasteiger charge is 2.15. The lowest BCUT2D eigenvalue weighted by atomic mass is 10.2. The number of halogens is 1. The van der Waals surface area contributed by atoms with Gasteiger partial charge in [0.1, 0.15) is 0 Å². The first-order valence-electron chi connectivity index (χ1n) is 4.77. The van der Waals surface area contributed by atoms with Crippen LogP contribution in [-0.4, -0.2) is 11.5 Å². The van der Waals surface area contributed by atoms with Crippen molar-refractivity contribution in [3.05, 3.63) is 50.5 Å². The van der Waals surface area contributed by atoms with E-state index < -0.39 is 4.92 Å². The molecule has 0 aromatic heterocycles. The van der Waals surface area contributed by atoms with E-state index in [9.17, 15) is 10.1 Å². The van der Waals surface area contributed by atoms with Crippen LogP contribution in [0.3, 0.4) is 0 Å². The van der Waals surface area contributed by atoms with E-state index in [0.29, 0.717) is 16.6 Å². The fourth-order valence-corrected chi connectivity index (χ4v) is 1.66. The minimum absolute atomic E-state index is 0.0786. The highest BCUT2D eigenvalue weighted by Crippen LogP contribution is 2.27.